The quantitative estimate of drug-likeness (QED) is 0.559. The summed E-state index contributed by atoms with van der Waals surface area (Å²) in [4.78, 5) is 24.7. The van der Waals surface area contributed by atoms with E-state index < -0.39 is 0 Å². The van der Waals surface area contributed by atoms with Crippen molar-refractivity contribution in [2.45, 2.75) is 6.42 Å². The molecule has 2 amide bonds. The van der Waals surface area contributed by atoms with Gasteiger partial charge in [-0.3, -0.25) is 9.59 Å². The summed E-state index contributed by atoms with van der Waals surface area (Å²) in [7, 11) is 4.03. The van der Waals surface area contributed by atoms with Crippen molar-refractivity contribution in [3.8, 4) is 5.75 Å². The van der Waals surface area contributed by atoms with Crippen molar-refractivity contribution >= 4 is 17.5 Å². The second-order valence-corrected chi connectivity index (χ2v) is 5.06. The van der Waals surface area contributed by atoms with E-state index in [0.717, 1.165) is 13.0 Å². The molecule has 1 aromatic rings. The first-order chi connectivity index (χ1) is 10.5. The Morgan fingerprint density at radius 1 is 1.27 bits per heavy atom. The van der Waals surface area contributed by atoms with Crippen molar-refractivity contribution in [3.63, 3.8) is 0 Å². The van der Waals surface area contributed by atoms with Crippen molar-refractivity contribution in [3.05, 3.63) is 24.3 Å². The van der Waals surface area contributed by atoms with E-state index in [9.17, 15) is 9.59 Å². The third-order valence-electron chi connectivity index (χ3n) is 2.77. The lowest BCUT2D eigenvalue weighted by atomic mass is 10.3. The van der Waals surface area contributed by atoms with Gasteiger partial charge in [-0.1, -0.05) is 6.07 Å². The van der Waals surface area contributed by atoms with Crippen LogP contribution in [0.3, 0.4) is 0 Å². The van der Waals surface area contributed by atoms with Crippen LogP contribution in [0.4, 0.5) is 5.69 Å². The van der Waals surface area contributed by atoms with Crippen LogP contribution in [0.25, 0.3) is 0 Å². The lowest BCUT2D eigenvalue weighted by Crippen LogP contribution is -2.36. The maximum absolute atomic E-state index is 11.7. The number of anilines is 1. The van der Waals surface area contributed by atoms with E-state index in [2.05, 4.69) is 15.5 Å². The Morgan fingerprint density at radius 3 is 2.73 bits per heavy atom. The van der Waals surface area contributed by atoms with E-state index in [1.54, 1.807) is 18.2 Å². The summed E-state index contributed by atoms with van der Waals surface area (Å²) in [5.41, 5.74) is 5.77. The third-order valence-corrected chi connectivity index (χ3v) is 2.77. The largest absolute Gasteiger partial charge is 0.493 e. The van der Waals surface area contributed by atoms with Gasteiger partial charge >= 0.3 is 0 Å². The van der Waals surface area contributed by atoms with Crippen molar-refractivity contribution in [2.24, 2.45) is 5.73 Å². The normalized spacial score (nSPS) is 10.4. The summed E-state index contributed by atoms with van der Waals surface area (Å²) >= 11 is 0. The number of ether oxygens (including phenoxy) is 1. The summed E-state index contributed by atoms with van der Waals surface area (Å²) in [6, 6.07) is 7.14. The molecule has 0 atom stereocenters. The molecule has 0 saturated carbocycles. The third kappa shape index (κ3) is 7.61. The van der Waals surface area contributed by atoms with Gasteiger partial charge in [0.15, 0.2) is 0 Å². The van der Waals surface area contributed by atoms with Gasteiger partial charge in [-0.15, -0.1) is 0 Å². The average Bonchev–Trinajstić information content (AvgIpc) is 2.49. The van der Waals surface area contributed by atoms with Crippen molar-refractivity contribution in [1.29, 1.82) is 0 Å². The molecule has 0 aliphatic carbocycles. The Hall–Kier alpha value is -2.12. The highest BCUT2D eigenvalue weighted by atomic mass is 16.5. The molecular formula is C15H24N4O3. The molecular weight excluding hydrogens is 284 g/mol. The summed E-state index contributed by atoms with van der Waals surface area (Å²) in [5.74, 6) is 0.0160. The Balaban J connectivity index is 2.39. The van der Waals surface area contributed by atoms with Gasteiger partial charge in [-0.25, -0.2) is 0 Å². The van der Waals surface area contributed by atoms with Crippen LogP contribution in [0.1, 0.15) is 6.42 Å². The molecule has 122 valence electrons. The molecule has 1 rings (SSSR count). The minimum atomic E-state index is -0.367. The molecule has 0 unspecified atom stereocenters. The monoisotopic (exact) mass is 308 g/mol. The van der Waals surface area contributed by atoms with E-state index in [1.807, 2.05) is 20.2 Å². The van der Waals surface area contributed by atoms with Crippen molar-refractivity contribution in [1.82, 2.24) is 10.2 Å². The average molecular weight is 308 g/mol. The van der Waals surface area contributed by atoms with Crippen LogP contribution in [-0.2, 0) is 9.59 Å². The Bertz CT molecular complexity index is 491. The van der Waals surface area contributed by atoms with Crippen LogP contribution >= 0.6 is 0 Å². The van der Waals surface area contributed by atoms with E-state index >= 15 is 0 Å². The zero-order valence-electron chi connectivity index (χ0n) is 13.1. The molecule has 0 saturated heterocycles. The minimum Gasteiger partial charge on any atom is -0.493 e. The fourth-order valence-corrected chi connectivity index (χ4v) is 1.69. The SMILES string of the molecule is CN(C)CCCOc1cccc(NC(=O)CNC(=O)CN)c1. The first-order valence-electron chi connectivity index (χ1n) is 7.15. The number of hydrogen-bond donors (Lipinski definition) is 3. The molecule has 0 spiro atoms. The summed E-state index contributed by atoms with van der Waals surface area (Å²) in [5, 5.41) is 5.10. The maximum atomic E-state index is 11.7. The highest BCUT2D eigenvalue weighted by Gasteiger charge is 2.05. The number of amides is 2. The van der Waals surface area contributed by atoms with Gasteiger partial charge in [-0.2, -0.15) is 0 Å². The Labute approximate surface area is 130 Å². The molecule has 0 aliphatic rings. The van der Waals surface area contributed by atoms with Gasteiger partial charge in [0.25, 0.3) is 0 Å². The highest BCUT2D eigenvalue weighted by molar-refractivity contribution is 5.94. The van der Waals surface area contributed by atoms with Crippen molar-refractivity contribution < 1.29 is 14.3 Å². The molecule has 7 nitrogen and oxygen atoms in total. The van der Waals surface area contributed by atoms with E-state index in [-0.39, 0.29) is 24.9 Å². The van der Waals surface area contributed by atoms with Gasteiger partial charge in [0.2, 0.25) is 11.8 Å². The van der Waals surface area contributed by atoms with Crippen LogP contribution in [0.5, 0.6) is 5.75 Å². The molecule has 22 heavy (non-hydrogen) atoms. The van der Waals surface area contributed by atoms with Gasteiger partial charge in [0.05, 0.1) is 19.7 Å². The maximum Gasteiger partial charge on any atom is 0.243 e. The molecule has 7 heteroatoms. The molecule has 0 fully saturated rings. The summed E-state index contributed by atoms with van der Waals surface area (Å²) in [6.07, 6.45) is 0.925. The lowest BCUT2D eigenvalue weighted by Gasteiger charge is -2.11. The van der Waals surface area contributed by atoms with Crippen LogP contribution in [0.15, 0.2) is 24.3 Å². The number of nitrogens with two attached hydrogens (primary N) is 1. The molecule has 0 aromatic heterocycles. The fraction of sp³-hybridized carbons (Fsp3) is 0.467. The minimum absolute atomic E-state index is 0.107. The smallest absolute Gasteiger partial charge is 0.243 e. The highest BCUT2D eigenvalue weighted by Crippen LogP contribution is 2.17. The van der Waals surface area contributed by atoms with Gasteiger partial charge in [0.1, 0.15) is 5.75 Å². The number of carbonyl (C=O) groups is 2. The second-order valence-electron chi connectivity index (χ2n) is 5.06. The predicted octanol–water partition coefficient (Wildman–Crippen LogP) is 0.0305. The standard InChI is InChI=1S/C15H24N4O3/c1-19(2)7-4-8-22-13-6-3-5-12(9-13)18-15(21)11-17-14(20)10-16/h3,5-6,9H,4,7-8,10-11,16H2,1-2H3,(H,17,20)(H,18,21). The number of hydrogen-bond acceptors (Lipinski definition) is 5. The van der Waals surface area contributed by atoms with Gasteiger partial charge in [0, 0.05) is 18.3 Å². The number of rotatable bonds is 9. The summed E-state index contributed by atoms with van der Waals surface area (Å²) < 4.78 is 5.63. The first kappa shape index (κ1) is 17.9. The van der Waals surface area contributed by atoms with E-state index in [0.29, 0.717) is 18.0 Å². The predicted molar refractivity (Wildman–Crippen MR) is 85.8 cm³/mol. The lowest BCUT2D eigenvalue weighted by molar-refractivity contribution is -0.123. The van der Waals surface area contributed by atoms with E-state index in [4.69, 9.17) is 10.5 Å². The molecule has 0 radical (unpaired) electrons. The number of carbonyl (C=O) groups excluding carboxylic acids is 2. The Kier molecular flexibility index (Phi) is 7.95. The fourth-order valence-electron chi connectivity index (χ4n) is 1.69. The number of benzene rings is 1. The molecule has 0 bridgehead atoms. The van der Waals surface area contributed by atoms with Crippen LogP contribution in [-0.4, -0.2) is 57.1 Å². The molecule has 0 heterocycles. The Morgan fingerprint density at radius 2 is 2.05 bits per heavy atom. The van der Waals surface area contributed by atoms with Crippen molar-refractivity contribution in [2.75, 3.05) is 45.7 Å². The zero-order chi connectivity index (χ0) is 16.4. The van der Waals surface area contributed by atoms with Crippen LogP contribution in [0.2, 0.25) is 0 Å². The first-order valence-corrected chi connectivity index (χ1v) is 7.15. The number of nitrogens with zero attached hydrogens (tertiary/aromatic N) is 1. The van der Waals surface area contributed by atoms with Gasteiger partial charge < -0.3 is 26.0 Å². The number of nitrogens with one attached hydrogen (secondary N) is 2. The zero-order valence-corrected chi connectivity index (χ0v) is 13.1. The molecule has 4 N–H and O–H groups in total. The van der Waals surface area contributed by atoms with E-state index in [1.165, 1.54) is 0 Å². The second kappa shape index (κ2) is 9.75. The van der Waals surface area contributed by atoms with Crippen LogP contribution in [0, 0.1) is 0 Å². The van der Waals surface area contributed by atoms with Crippen LogP contribution < -0.4 is 21.1 Å². The topological polar surface area (TPSA) is 96.7 Å². The van der Waals surface area contributed by atoms with Gasteiger partial charge in [-0.05, 0) is 32.6 Å². The molecule has 1 aromatic carbocycles. The summed E-state index contributed by atoms with van der Waals surface area (Å²) in [6.45, 7) is 1.33. The molecule has 0 aliphatic heterocycles.